The fraction of sp³-hybridized carbons (Fsp3) is 0.152. The molecule has 1 saturated heterocycles. The first-order valence-electron chi connectivity index (χ1n) is 13.6. The molecule has 0 unspecified atom stereocenters. The highest BCUT2D eigenvalue weighted by molar-refractivity contribution is 7.80. The van der Waals surface area contributed by atoms with Gasteiger partial charge >= 0.3 is 5.97 Å². The molecule has 0 aliphatic carbocycles. The van der Waals surface area contributed by atoms with E-state index in [0.717, 1.165) is 27.7 Å². The zero-order valence-electron chi connectivity index (χ0n) is 22.8. The maximum absolute atomic E-state index is 13.1. The summed E-state index contributed by atoms with van der Waals surface area (Å²) in [5.74, 6) is 0.817. The Hall–Kier alpha value is -5.02. The number of carbonyl (C=O) groups is 2. The maximum Gasteiger partial charge on any atom is 0.337 e. The third kappa shape index (κ3) is 5.46. The highest BCUT2D eigenvalue weighted by Gasteiger charge is 2.41. The van der Waals surface area contributed by atoms with Gasteiger partial charge < -0.3 is 24.7 Å². The van der Waals surface area contributed by atoms with Crippen LogP contribution >= 0.6 is 12.2 Å². The number of benzene rings is 3. The van der Waals surface area contributed by atoms with Crippen LogP contribution in [0.3, 0.4) is 0 Å². The number of furan rings is 1. The van der Waals surface area contributed by atoms with E-state index in [4.69, 9.17) is 21.4 Å². The third-order valence-corrected chi connectivity index (χ3v) is 7.70. The summed E-state index contributed by atoms with van der Waals surface area (Å²) >= 11 is 5.76. The van der Waals surface area contributed by atoms with Crippen LogP contribution in [0.4, 0.5) is 5.69 Å². The van der Waals surface area contributed by atoms with Crippen LogP contribution in [0, 0.1) is 0 Å². The van der Waals surface area contributed by atoms with Gasteiger partial charge in [0.05, 0.1) is 24.4 Å². The number of rotatable bonds is 8. The van der Waals surface area contributed by atoms with E-state index in [9.17, 15) is 9.59 Å². The van der Waals surface area contributed by atoms with Crippen molar-refractivity contribution in [3.63, 3.8) is 0 Å². The van der Waals surface area contributed by atoms with Crippen molar-refractivity contribution in [3.05, 3.63) is 120 Å². The van der Waals surface area contributed by atoms with Gasteiger partial charge in [0.25, 0.3) is 0 Å². The Kier molecular flexibility index (Phi) is 7.66. The Morgan fingerprint density at radius 2 is 1.76 bits per heavy atom. The average Bonchev–Trinajstić information content (AvgIpc) is 3.65. The zero-order chi connectivity index (χ0) is 29.1. The summed E-state index contributed by atoms with van der Waals surface area (Å²) in [4.78, 5) is 31.5. The Labute approximate surface area is 248 Å². The molecule has 42 heavy (non-hydrogen) atoms. The van der Waals surface area contributed by atoms with Crippen molar-refractivity contribution >= 4 is 45.7 Å². The highest BCUT2D eigenvalue weighted by atomic mass is 32.1. The lowest BCUT2D eigenvalue weighted by atomic mass is 10.0. The van der Waals surface area contributed by atoms with E-state index in [2.05, 4.69) is 15.6 Å². The number of hydrogen-bond donors (Lipinski definition) is 2. The predicted molar refractivity (Wildman–Crippen MR) is 165 cm³/mol. The van der Waals surface area contributed by atoms with Gasteiger partial charge in [-0.25, -0.2) is 4.79 Å². The number of anilines is 1. The maximum atomic E-state index is 13.1. The van der Waals surface area contributed by atoms with Crippen LogP contribution in [-0.2, 0) is 9.53 Å². The molecule has 6 rings (SSSR count). The highest BCUT2D eigenvalue weighted by Crippen LogP contribution is 2.40. The lowest BCUT2D eigenvalue weighted by Gasteiger charge is -2.26. The Morgan fingerprint density at radius 1 is 0.976 bits per heavy atom. The van der Waals surface area contributed by atoms with Crippen LogP contribution in [0.2, 0.25) is 0 Å². The van der Waals surface area contributed by atoms with Crippen LogP contribution in [0.15, 0.2) is 108 Å². The summed E-state index contributed by atoms with van der Waals surface area (Å²) in [7, 11) is 1.35. The molecule has 0 radical (unpaired) electrons. The topological polar surface area (TPSA) is 96.7 Å². The number of aromatic nitrogens is 1. The van der Waals surface area contributed by atoms with Gasteiger partial charge in [0.1, 0.15) is 17.6 Å². The molecule has 5 aromatic rings. The summed E-state index contributed by atoms with van der Waals surface area (Å²) in [5.41, 5.74) is 2.87. The van der Waals surface area contributed by atoms with E-state index >= 15 is 0 Å². The van der Waals surface area contributed by atoms with Crippen molar-refractivity contribution in [2.45, 2.75) is 18.5 Å². The monoisotopic (exact) mass is 576 g/mol. The molecule has 1 amide bonds. The molecule has 1 fully saturated rings. The number of fused-ring (bicyclic) bond motifs is 1. The summed E-state index contributed by atoms with van der Waals surface area (Å²) in [6.07, 6.45) is 1.97. The van der Waals surface area contributed by atoms with Crippen molar-refractivity contribution in [2.75, 3.05) is 19.0 Å². The number of esters is 1. The van der Waals surface area contributed by atoms with Crippen LogP contribution in [-0.4, -0.2) is 40.5 Å². The molecule has 8 nitrogen and oxygen atoms in total. The molecule has 2 N–H and O–H groups in total. The van der Waals surface area contributed by atoms with Crippen molar-refractivity contribution in [1.82, 2.24) is 15.2 Å². The second-order valence-electron chi connectivity index (χ2n) is 9.92. The van der Waals surface area contributed by atoms with Crippen molar-refractivity contribution in [1.29, 1.82) is 0 Å². The number of hydrogen-bond acceptors (Lipinski definition) is 6. The third-order valence-electron chi connectivity index (χ3n) is 7.35. The smallest absolute Gasteiger partial charge is 0.337 e. The lowest BCUT2D eigenvalue weighted by molar-refractivity contribution is -0.116. The second-order valence-corrected chi connectivity index (χ2v) is 10.3. The molecule has 3 aromatic carbocycles. The van der Waals surface area contributed by atoms with Gasteiger partial charge in [0, 0.05) is 35.8 Å². The Bertz CT molecular complexity index is 1750. The van der Waals surface area contributed by atoms with Gasteiger partial charge in [0.2, 0.25) is 5.91 Å². The van der Waals surface area contributed by atoms with Gasteiger partial charge in [-0.1, -0.05) is 54.6 Å². The second kappa shape index (κ2) is 11.8. The molecule has 210 valence electrons. The molecule has 1 aliphatic heterocycles. The van der Waals surface area contributed by atoms with E-state index in [1.54, 1.807) is 18.3 Å². The molecule has 2 aromatic heterocycles. The Morgan fingerprint density at radius 3 is 2.55 bits per heavy atom. The number of carbonyl (C=O) groups excluding carboxylic acids is 2. The number of nitrogens with zero attached hydrogens (tertiary/aromatic N) is 2. The van der Waals surface area contributed by atoms with Crippen LogP contribution < -0.4 is 10.6 Å². The zero-order valence-corrected chi connectivity index (χ0v) is 23.6. The first-order valence-corrected chi connectivity index (χ1v) is 14.0. The summed E-state index contributed by atoms with van der Waals surface area (Å²) in [5, 5.41) is 9.03. The van der Waals surface area contributed by atoms with Gasteiger partial charge in [-0.05, 0) is 60.1 Å². The molecule has 0 bridgehead atoms. The van der Waals surface area contributed by atoms with E-state index in [-0.39, 0.29) is 24.4 Å². The van der Waals surface area contributed by atoms with Crippen molar-refractivity contribution in [2.24, 2.45) is 0 Å². The molecule has 2 atom stereocenters. The standard InChI is InChI=1S/C33H28N4O4S/c1-40-32(39)23-14-12-22(13-15-23)27-16-17-28(41-27)31-30(26-10-4-5-19-34-26)36-33(42)37(31)20-18-29(38)35-25-11-6-8-21-7-2-3-9-24(21)25/h2-17,19,30-31H,18,20H2,1H3,(H,35,38)(H,36,42)/t30-,31+/m1/s1. The summed E-state index contributed by atoms with van der Waals surface area (Å²) in [6, 6.07) is 29.8. The summed E-state index contributed by atoms with van der Waals surface area (Å²) < 4.78 is 11.2. The Balaban J connectivity index is 1.24. The number of ether oxygens (including phenoxy) is 1. The largest absolute Gasteiger partial charge is 0.465 e. The van der Waals surface area contributed by atoms with Crippen molar-refractivity contribution < 1.29 is 18.7 Å². The quantitative estimate of drug-likeness (QED) is 0.165. The van der Waals surface area contributed by atoms with Crippen LogP contribution in [0.1, 0.15) is 40.3 Å². The predicted octanol–water partition coefficient (Wildman–Crippen LogP) is 6.28. The number of pyridine rings is 1. The fourth-order valence-electron chi connectivity index (χ4n) is 5.28. The van der Waals surface area contributed by atoms with E-state index in [1.807, 2.05) is 89.8 Å². The van der Waals surface area contributed by atoms with Crippen LogP contribution in [0.25, 0.3) is 22.1 Å². The SMILES string of the molecule is COC(=O)c1ccc(-c2ccc([C@H]3[C@@H](c4ccccn4)NC(=S)N3CCC(=O)Nc3cccc4ccccc34)o2)cc1. The van der Waals surface area contributed by atoms with E-state index in [0.29, 0.717) is 28.7 Å². The van der Waals surface area contributed by atoms with Crippen LogP contribution in [0.5, 0.6) is 0 Å². The molecule has 3 heterocycles. The molecule has 0 spiro atoms. The normalized spacial score (nSPS) is 16.3. The van der Waals surface area contributed by atoms with Gasteiger partial charge in [-0.3, -0.25) is 9.78 Å². The minimum Gasteiger partial charge on any atom is -0.465 e. The lowest BCUT2D eigenvalue weighted by Crippen LogP contribution is -2.32. The van der Waals surface area contributed by atoms with Crippen molar-refractivity contribution in [3.8, 4) is 11.3 Å². The number of amides is 1. The molecular formula is C33H28N4O4S. The molecule has 1 aliphatic rings. The van der Waals surface area contributed by atoms with Gasteiger partial charge in [-0.2, -0.15) is 0 Å². The summed E-state index contributed by atoms with van der Waals surface area (Å²) in [6.45, 7) is 0.375. The molecular weight excluding hydrogens is 548 g/mol. The first kappa shape index (κ1) is 27.2. The number of nitrogens with one attached hydrogen (secondary N) is 2. The average molecular weight is 577 g/mol. The fourth-order valence-corrected chi connectivity index (χ4v) is 5.61. The minimum absolute atomic E-state index is 0.111. The van der Waals surface area contributed by atoms with Gasteiger partial charge in [0.15, 0.2) is 5.11 Å². The number of methoxy groups -OCH3 is 1. The van der Waals surface area contributed by atoms with Gasteiger partial charge in [-0.15, -0.1) is 0 Å². The molecule has 9 heteroatoms. The minimum atomic E-state index is -0.398. The van der Waals surface area contributed by atoms with E-state index < -0.39 is 5.97 Å². The van der Waals surface area contributed by atoms with E-state index in [1.165, 1.54) is 7.11 Å². The molecule has 0 saturated carbocycles. The first-order chi connectivity index (χ1) is 20.5. The number of thiocarbonyl (C=S) groups is 1.